The van der Waals surface area contributed by atoms with Crippen LogP contribution in [0.25, 0.3) is 0 Å². The molecule has 1 aromatic rings. The smallest absolute Gasteiger partial charge is 0.129 e. The number of hydrogen-bond acceptors (Lipinski definition) is 4. The summed E-state index contributed by atoms with van der Waals surface area (Å²) in [7, 11) is 2.19. The highest BCUT2D eigenvalue weighted by Crippen LogP contribution is 2.56. The Labute approximate surface area is 132 Å². The highest BCUT2D eigenvalue weighted by Gasteiger charge is 2.53. The molecular weight excluding hydrogens is 276 g/mol. The Hall–Kier alpha value is -1.10. The topological polar surface area (TPSA) is 58.7 Å². The molecule has 3 N–H and O–H groups in total. The average molecular weight is 302 g/mol. The van der Waals surface area contributed by atoms with Gasteiger partial charge in [-0.25, -0.2) is 0 Å². The second-order valence-electron chi connectivity index (χ2n) is 7.48. The molecule has 4 atom stereocenters. The zero-order valence-corrected chi connectivity index (χ0v) is 13.5. The first kappa shape index (κ1) is 14.5. The monoisotopic (exact) mass is 302 g/mol. The van der Waals surface area contributed by atoms with Crippen LogP contribution < -0.4 is 10.5 Å². The Kier molecular flexibility index (Phi) is 3.26. The number of aliphatic hydroxyl groups is 1. The molecule has 1 fully saturated rings. The predicted molar refractivity (Wildman–Crippen MR) is 85.9 cm³/mol. The molecule has 1 aliphatic carbocycles. The standard InChI is InChI=1S/C18H26N2O2/c1-11(21)14-4-3-12-10-20(2)8-7-18-6-5-13(19)9-15(18)22-17(14)16(12)18/h3-4,11,13,15,21H,5-10,19H2,1-2H3. The molecule has 4 unspecified atom stereocenters. The molecule has 2 heterocycles. The summed E-state index contributed by atoms with van der Waals surface area (Å²) in [5.41, 5.74) is 10.0. The summed E-state index contributed by atoms with van der Waals surface area (Å²) in [5, 5.41) is 10.1. The lowest BCUT2D eigenvalue weighted by molar-refractivity contribution is 0.0773. The Morgan fingerprint density at radius 1 is 1.41 bits per heavy atom. The van der Waals surface area contributed by atoms with Gasteiger partial charge in [-0.1, -0.05) is 12.1 Å². The molecule has 0 bridgehead atoms. The molecule has 1 aromatic carbocycles. The van der Waals surface area contributed by atoms with Crippen molar-refractivity contribution in [2.75, 3.05) is 13.6 Å². The van der Waals surface area contributed by atoms with Crippen LogP contribution in [0.1, 0.15) is 55.4 Å². The summed E-state index contributed by atoms with van der Waals surface area (Å²) in [6, 6.07) is 4.48. The lowest BCUT2D eigenvalue weighted by atomic mass is 9.65. The van der Waals surface area contributed by atoms with E-state index in [2.05, 4.69) is 18.0 Å². The number of benzene rings is 1. The summed E-state index contributed by atoms with van der Waals surface area (Å²) in [4.78, 5) is 2.40. The van der Waals surface area contributed by atoms with Gasteiger partial charge in [0.05, 0.1) is 6.10 Å². The van der Waals surface area contributed by atoms with Crippen LogP contribution in [0.5, 0.6) is 5.75 Å². The average Bonchev–Trinajstić information content (AvgIpc) is 2.71. The lowest BCUT2D eigenvalue weighted by Gasteiger charge is -2.40. The fourth-order valence-corrected chi connectivity index (χ4v) is 4.76. The zero-order chi connectivity index (χ0) is 15.5. The van der Waals surface area contributed by atoms with Crippen LogP contribution in [0.15, 0.2) is 12.1 Å². The van der Waals surface area contributed by atoms with Gasteiger partial charge in [0.2, 0.25) is 0 Å². The van der Waals surface area contributed by atoms with Crippen molar-refractivity contribution < 1.29 is 9.84 Å². The summed E-state index contributed by atoms with van der Waals surface area (Å²) < 4.78 is 6.42. The SMILES string of the molecule is CC(O)c1ccc2c3c1OC1CC(N)CCC31CCN(C)C2. The molecule has 4 heteroatoms. The van der Waals surface area contributed by atoms with Gasteiger partial charge in [-0.3, -0.25) is 0 Å². The van der Waals surface area contributed by atoms with Crippen molar-refractivity contribution in [2.45, 2.75) is 62.8 Å². The lowest BCUT2D eigenvalue weighted by Crippen LogP contribution is -2.48. The Morgan fingerprint density at radius 2 is 2.23 bits per heavy atom. The number of rotatable bonds is 1. The van der Waals surface area contributed by atoms with E-state index >= 15 is 0 Å². The molecular formula is C18H26N2O2. The van der Waals surface area contributed by atoms with E-state index in [1.807, 2.05) is 13.0 Å². The fraction of sp³-hybridized carbons (Fsp3) is 0.667. The summed E-state index contributed by atoms with van der Waals surface area (Å²) in [5.74, 6) is 0.960. The maximum atomic E-state index is 10.1. The number of aliphatic hydroxyl groups excluding tert-OH is 1. The minimum atomic E-state index is -0.493. The van der Waals surface area contributed by atoms with Crippen LogP contribution in [-0.4, -0.2) is 35.7 Å². The van der Waals surface area contributed by atoms with Gasteiger partial charge in [0, 0.05) is 35.5 Å². The van der Waals surface area contributed by atoms with Crippen molar-refractivity contribution in [3.63, 3.8) is 0 Å². The normalized spacial score (nSPS) is 35.3. The number of nitrogens with two attached hydrogens (primary N) is 1. The molecule has 1 spiro atoms. The van der Waals surface area contributed by atoms with Crippen molar-refractivity contribution in [3.05, 3.63) is 28.8 Å². The van der Waals surface area contributed by atoms with E-state index in [9.17, 15) is 5.11 Å². The van der Waals surface area contributed by atoms with Crippen molar-refractivity contribution >= 4 is 0 Å². The first-order valence-electron chi connectivity index (χ1n) is 8.46. The van der Waals surface area contributed by atoms with E-state index in [1.165, 1.54) is 11.1 Å². The van der Waals surface area contributed by atoms with Gasteiger partial charge in [0.1, 0.15) is 11.9 Å². The zero-order valence-electron chi connectivity index (χ0n) is 13.5. The van der Waals surface area contributed by atoms with Crippen LogP contribution in [0.3, 0.4) is 0 Å². The molecule has 0 aromatic heterocycles. The van der Waals surface area contributed by atoms with E-state index < -0.39 is 6.10 Å². The van der Waals surface area contributed by atoms with Crippen LogP contribution in [-0.2, 0) is 12.0 Å². The Morgan fingerprint density at radius 3 is 3.00 bits per heavy atom. The van der Waals surface area contributed by atoms with Gasteiger partial charge >= 0.3 is 0 Å². The Bertz CT molecular complexity index is 601. The van der Waals surface area contributed by atoms with E-state index in [4.69, 9.17) is 10.5 Å². The minimum Gasteiger partial charge on any atom is -0.489 e. The third-order valence-electron chi connectivity index (χ3n) is 5.96. The van der Waals surface area contributed by atoms with E-state index in [0.29, 0.717) is 0 Å². The van der Waals surface area contributed by atoms with Crippen LogP contribution in [0.2, 0.25) is 0 Å². The Balaban J connectivity index is 1.91. The maximum absolute atomic E-state index is 10.1. The number of ether oxygens (including phenoxy) is 1. The summed E-state index contributed by atoms with van der Waals surface area (Å²) in [6.45, 7) is 3.88. The highest BCUT2D eigenvalue weighted by atomic mass is 16.5. The summed E-state index contributed by atoms with van der Waals surface area (Å²) in [6.07, 6.45) is 3.92. The molecule has 22 heavy (non-hydrogen) atoms. The van der Waals surface area contributed by atoms with Crippen LogP contribution in [0.4, 0.5) is 0 Å². The van der Waals surface area contributed by atoms with E-state index in [0.717, 1.165) is 50.1 Å². The first-order valence-corrected chi connectivity index (χ1v) is 8.46. The van der Waals surface area contributed by atoms with Gasteiger partial charge < -0.3 is 20.5 Å². The molecule has 0 saturated heterocycles. The molecule has 3 aliphatic rings. The summed E-state index contributed by atoms with van der Waals surface area (Å²) >= 11 is 0. The van der Waals surface area contributed by atoms with Crippen LogP contribution in [0, 0.1) is 0 Å². The number of nitrogens with zero attached hydrogens (tertiary/aromatic N) is 1. The highest BCUT2D eigenvalue weighted by molar-refractivity contribution is 5.56. The minimum absolute atomic E-state index is 0.107. The third-order valence-corrected chi connectivity index (χ3v) is 5.96. The fourth-order valence-electron chi connectivity index (χ4n) is 4.76. The van der Waals surface area contributed by atoms with Crippen molar-refractivity contribution in [2.24, 2.45) is 5.73 Å². The molecule has 0 radical (unpaired) electrons. The van der Waals surface area contributed by atoms with Gasteiger partial charge in [-0.15, -0.1) is 0 Å². The van der Waals surface area contributed by atoms with Gasteiger partial charge in [0.25, 0.3) is 0 Å². The third kappa shape index (κ3) is 1.94. The first-order chi connectivity index (χ1) is 10.5. The molecule has 1 saturated carbocycles. The van der Waals surface area contributed by atoms with Crippen molar-refractivity contribution in [3.8, 4) is 5.75 Å². The molecule has 4 nitrogen and oxygen atoms in total. The van der Waals surface area contributed by atoms with Crippen LogP contribution >= 0.6 is 0 Å². The second-order valence-corrected chi connectivity index (χ2v) is 7.48. The second kappa shape index (κ2) is 4.95. The van der Waals surface area contributed by atoms with E-state index in [1.54, 1.807) is 0 Å². The molecule has 4 rings (SSSR count). The van der Waals surface area contributed by atoms with Gasteiger partial charge in [-0.2, -0.15) is 0 Å². The molecule has 2 aliphatic heterocycles. The maximum Gasteiger partial charge on any atom is 0.129 e. The van der Waals surface area contributed by atoms with Crippen molar-refractivity contribution in [1.82, 2.24) is 4.90 Å². The molecule has 120 valence electrons. The van der Waals surface area contributed by atoms with Gasteiger partial charge in [0.15, 0.2) is 0 Å². The number of hydrogen-bond donors (Lipinski definition) is 2. The predicted octanol–water partition coefficient (Wildman–Crippen LogP) is 2.09. The van der Waals surface area contributed by atoms with E-state index in [-0.39, 0.29) is 17.6 Å². The largest absolute Gasteiger partial charge is 0.489 e. The van der Waals surface area contributed by atoms with Crippen molar-refractivity contribution in [1.29, 1.82) is 0 Å². The molecule has 0 amide bonds. The quantitative estimate of drug-likeness (QED) is 0.834. The van der Waals surface area contributed by atoms with Gasteiger partial charge in [-0.05, 0) is 45.3 Å².